The van der Waals surface area contributed by atoms with Crippen molar-refractivity contribution in [1.82, 2.24) is 4.98 Å². The SMILES string of the molecule is CC(C)c1sc(NC(=O)C(N)CCS(C)(=O)=O)nc1-c1ccccc1. The zero-order valence-electron chi connectivity index (χ0n) is 14.5. The van der Waals surface area contributed by atoms with Gasteiger partial charge in [-0.1, -0.05) is 44.2 Å². The van der Waals surface area contributed by atoms with Crippen LogP contribution in [-0.2, 0) is 14.6 Å². The van der Waals surface area contributed by atoms with Crippen LogP contribution in [0.5, 0.6) is 0 Å². The van der Waals surface area contributed by atoms with E-state index in [9.17, 15) is 13.2 Å². The van der Waals surface area contributed by atoms with E-state index in [1.54, 1.807) is 0 Å². The van der Waals surface area contributed by atoms with Gasteiger partial charge in [0.05, 0.1) is 17.5 Å². The van der Waals surface area contributed by atoms with E-state index in [4.69, 9.17) is 5.73 Å². The molecule has 0 aliphatic heterocycles. The lowest BCUT2D eigenvalue weighted by Gasteiger charge is -2.09. The molecule has 1 atom stereocenters. The summed E-state index contributed by atoms with van der Waals surface area (Å²) < 4.78 is 22.4. The van der Waals surface area contributed by atoms with E-state index in [0.29, 0.717) is 5.13 Å². The summed E-state index contributed by atoms with van der Waals surface area (Å²) in [5, 5.41) is 3.19. The highest BCUT2D eigenvalue weighted by molar-refractivity contribution is 7.90. The van der Waals surface area contributed by atoms with Crippen LogP contribution in [0.3, 0.4) is 0 Å². The lowest BCUT2D eigenvalue weighted by Crippen LogP contribution is -2.37. The van der Waals surface area contributed by atoms with Crippen molar-refractivity contribution >= 4 is 32.2 Å². The van der Waals surface area contributed by atoms with Gasteiger partial charge in [-0.2, -0.15) is 0 Å². The molecular formula is C17H23N3O3S2. The van der Waals surface area contributed by atoms with Gasteiger partial charge in [-0.05, 0) is 12.3 Å². The highest BCUT2D eigenvalue weighted by atomic mass is 32.2. The maximum absolute atomic E-state index is 12.2. The van der Waals surface area contributed by atoms with Crippen molar-refractivity contribution in [3.8, 4) is 11.3 Å². The van der Waals surface area contributed by atoms with E-state index in [0.717, 1.165) is 22.4 Å². The molecule has 1 aromatic heterocycles. The number of rotatable bonds is 7. The zero-order valence-corrected chi connectivity index (χ0v) is 16.2. The quantitative estimate of drug-likeness (QED) is 0.767. The van der Waals surface area contributed by atoms with Gasteiger partial charge in [0.25, 0.3) is 0 Å². The number of nitrogens with two attached hydrogens (primary N) is 1. The van der Waals surface area contributed by atoms with E-state index < -0.39 is 21.8 Å². The largest absolute Gasteiger partial charge is 0.320 e. The Bertz CT molecular complexity index is 830. The Balaban J connectivity index is 2.16. The minimum Gasteiger partial charge on any atom is -0.320 e. The molecule has 0 fully saturated rings. The molecule has 136 valence electrons. The summed E-state index contributed by atoms with van der Waals surface area (Å²) in [4.78, 5) is 17.8. The maximum atomic E-state index is 12.2. The van der Waals surface area contributed by atoms with Crippen molar-refractivity contribution in [2.45, 2.75) is 32.2 Å². The Morgan fingerprint density at radius 2 is 1.92 bits per heavy atom. The topological polar surface area (TPSA) is 102 Å². The first kappa shape index (κ1) is 19.6. The van der Waals surface area contributed by atoms with Crippen LogP contribution >= 0.6 is 11.3 Å². The Kier molecular flexibility index (Phi) is 6.31. The van der Waals surface area contributed by atoms with Crippen molar-refractivity contribution in [1.29, 1.82) is 0 Å². The Hall–Kier alpha value is -1.77. The van der Waals surface area contributed by atoms with Crippen LogP contribution in [0.15, 0.2) is 30.3 Å². The third kappa shape index (κ3) is 5.62. The summed E-state index contributed by atoms with van der Waals surface area (Å²) in [6.07, 6.45) is 1.21. The Morgan fingerprint density at radius 3 is 2.48 bits per heavy atom. The highest BCUT2D eigenvalue weighted by Crippen LogP contribution is 2.36. The number of benzene rings is 1. The van der Waals surface area contributed by atoms with E-state index >= 15 is 0 Å². The maximum Gasteiger partial charge on any atom is 0.243 e. The molecule has 8 heteroatoms. The van der Waals surface area contributed by atoms with Gasteiger partial charge in [-0.3, -0.25) is 4.79 Å². The zero-order chi connectivity index (χ0) is 18.6. The van der Waals surface area contributed by atoms with E-state index in [-0.39, 0.29) is 18.1 Å². The number of carbonyl (C=O) groups excluding carboxylic acids is 1. The fourth-order valence-electron chi connectivity index (χ4n) is 2.25. The molecule has 0 aliphatic carbocycles. The molecule has 0 radical (unpaired) electrons. The van der Waals surface area contributed by atoms with Crippen molar-refractivity contribution in [2.75, 3.05) is 17.3 Å². The molecule has 6 nitrogen and oxygen atoms in total. The predicted octanol–water partition coefficient (Wildman–Crippen LogP) is 2.63. The molecule has 2 rings (SSSR count). The number of aromatic nitrogens is 1. The van der Waals surface area contributed by atoms with Gasteiger partial charge in [0.2, 0.25) is 5.91 Å². The summed E-state index contributed by atoms with van der Waals surface area (Å²) in [5.74, 6) is -0.282. The summed E-state index contributed by atoms with van der Waals surface area (Å²) in [6.45, 7) is 4.15. The highest BCUT2D eigenvalue weighted by Gasteiger charge is 2.20. The lowest BCUT2D eigenvalue weighted by atomic mass is 10.1. The molecule has 0 aliphatic rings. The Labute approximate surface area is 152 Å². The predicted molar refractivity (Wildman–Crippen MR) is 103 cm³/mol. The monoisotopic (exact) mass is 381 g/mol. The molecule has 25 heavy (non-hydrogen) atoms. The fraction of sp³-hybridized carbons (Fsp3) is 0.412. The summed E-state index contributed by atoms with van der Waals surface area (Å²) >= 11 is 1.41. The van der Waals surface area contributed by atoms with Crippen LogP contribution in [0.2, 0.25) is 0 Å². The molecule has 2 aromatic rings. The van der Waals surface area contributed by atoms with Gasteiger partial charge < -0.3 is 11.1 Å². The standard InChI is InChI=1S/C17H23N3O3S2/c1-11(2)15-14(12-7-5-4-6-8-12)19-17(24-15)20-16(21)13(18)9-10-25(3,22)23/h4-8,11,13H,9-10,18H2,1-3H3,(H,19,20,21). The Morgan fingerprint density at radius 1 is 1.28 bits per heavy atom. The van der Waals surface area contributed by atoms with E-state index in [1.165, 1.54) is 11.3 Å². The minimum atomic E-state index is -3.15. The molecule has 0 saturated heterocycles. The number of amides is 1. The third-order valence-corrected chi connectivity index (χ3v) is 5.84. The average Bonchev–Trinajstić information content (AvgIpc) is 2.96. The van der Waals surface area contributed by atoms with E-state index in [1.807, 2.05) is 30.3 Å². The smallest absolute Gasteiger partial charge is 0.243 e. The van der Waals surface area contributed by atoms with Crippen molar-refractivity contribution in [2.24, 2.45) is 5.73 Å². The second-order valence-corrected chi connectivity index (χ2v) is 9.56. The number of thiazole rings is 1. The fourth-order valence-corrected chi connectivity index (χ4v) is 3.92. The van der Waals surface area contributed by atoms with Crippen LogP contribution < -0.4 is 11.1 Å². The molecule has 1 amide bonds. The first-order valence-electron chi connectivity index (χ1n) is 7.97. The lowest BCUT2D eigenvalue weighted by molar-refractivity contribution is -0.117. The second-order valence-electron chi connectivity index (χ2n) is 6.27. The summed E-state index contributed by atoms with van der Waals surface area (Å²) in [6, 6.07) is 8.89. The number of nitrogens with one attached hydrogen (secondary N) is 1. The molecule has 1 heterocycles. The number of sulfone groups is 1. The molecule has 0 spiro atoms. The number of nitrogens with zero attached hydrogens (tertiary/aromatic N) is 1. The molecular weight excluding hydrogens is 358 g/mol. The summed E-state index contributed by atoms with van der Waals surface area (Å²) in [7, 11) is -3.15. The van der Waals surface area contributed by atoms with Crippen LogP contribution in [0.25, 0.3) is 11.3 Å². The van der Waals surface area contributed by atoms with Gasteiger partial charge in [-0.25, -0.2) is 13.4 Å². The number of anilines is 1. The second kappa shape index (κ2) is 8.07. The van der Waals surface area contributed by atoms with Gasteiger partial charge in [0.1, 0.15) is 9.84 Å². The number of hydrogen-bond acceptors (Lipinski definition) is 6. The first-order chi connectivity index (χ1) is 11.7. The molecule has 0 saturated carbocycles. The molecule has 1 aromatic carbocycles. The van der Waals surface area contributed by atoms with Gasteiger partial charge in [0.15, 0.2) is 5.13 Å². The summed E-state index contributed by atoms with van der Waals surface area (Å²) in [5.41, 5.74) is 7.63. The van der Waals surface area contributed by atoms with E-state index in [2.05, 4.69) is 24.1 Å². The minimum absolute atomic E-state index is 0.0820. The normalized spacial score (nSPS) is 13.0. The van der Waals surface area contributed by atoms with Crippen molar-refractivity contribution < 1.29 is 13.2 Å². The molecule has 1 unspecified atom stereocenters. The van der Waals surface area contributed by atoms with Crippen LogP contribution in [0, 0.1) is 0 Å². The van der Waals surface area contributed by atoms with Crippen LogP contribution in [-0.4, -0.2) is 37.4 Å². The van der Waals surface area contributed by atoms with Crippen LogP contribution in [0.1, 0.15) is 31.1 Å². The van der Waals surface area contributed by atoms with Crippen LogP contribution in [0.4, 0.5) is 5.13 Å². The number of carbonyl (C=O) groups is 1. The van der Waals surface area contributed by atoms with Crippen molar-refractivity contribution in [3.05, 3.63) is 35.2 Å². The first-order valence-corrected chi connectivity index (χ1v) is 10.9. The van der Waals surface area contributed by atoms with Gasteiger partial charge >= 0.3 is 0 Å². The number of hydrogen-bond donors (Lipinski definition) is 2. The van der Waals surface area contributed by atoms with Gasteiger partial charge in [0, 0.05) is 16.7 Å². The molecule has 3 N–H and O–H groups in total. The van der Waals surface area contributed by atoms with Crippen molar-refractivity contribution in [3.63, 3.8) is 0 Å². The molecule has 0 bridgehead atoms. The van der Waals surface area contributed by atoms with Gasteiger partial charge in [-0.15, -0.1) is 11.3 Å². The third-order valence-electron chi connectivity index (χ3n) is 3.59. The average molecular weight is 382 g/mol.